The molecule has 5 heteroatoms. The predicted molar refractivity (Wildman–Crippen MR) is 94.1 cm³/mol. The maximum Gasteiger partial charge on any atom is 0.255 e. The van der Waals surface area contributed by atoms with E-state index in [9.17, 15) is 9.59 Å². The highest BCUT2D eigenvalue weighted by Crippen LogP contribution is 2.14. The third-order valence-corrected chi connectivity index (χ3v) is 3.45. The van der Waals surface area contributed by atoms with Crippen molar-refractivity contribution in [1.29, 1.82) is 0 Å². The van der Waals surface area contributed by atoms with Crippen molar-refractivity contribution in [2.24, 2.45) is 0 Å². The molecule has 2 aromatic carbocycles. The first-order valence-corrected chi connectivity index (χ1v) is 7.86. The Morgan fingerprint density at radius 2 is 1.67 bits per heavy atom. The number of amides is 1. The Morgan fingerprint density at radius 3 is 2.33 bits per heavy atom. The van der Waals surface area contributed by atoms with Crippen molar-refractivity contribution in [3.8, 4) is 11.5 Å². The molecule has 0 saturated heterocycles. The van der Waals surface area contributed by atoms with Crippen molar-refractivity contribution in [3.05, 3.63) is 64.3 Å². The first kappa shape index (κ1) is 17.5. The van der Waals surface area contributed by atoms with E-state index in [0.29, 0.717) is 23.7 Å². The van der Waals surface area contributed by atoms with Gasteiger partial charge in [-0.1, -0.05) is 13.3 Å². The monoisotopic (exact) mass is 327 g/mol. The Balaban J connectivity index is 2.11. The standard InChI is InChI=1S/C19H21NO4/c1-3-4-13-24-16-9-11-17(18(21)12-10-16)20-19(22)14-5-7-15(23-2)8-6-14/h5-12H,3-4,13H2,1-2H3,(H,20,21,22). The van der Waals surface area contributed by atoms with E-state index in [1.807, 2.05) is 0 Å². The normalized spacial score (nSPS) is 10.1. The van der Waals surface area contributed by atoms with Crippen molar-refractivity contribution in [3.63, 3.8) is 0 Å². The largest absolute Gasteiger partial charge is 0.497 e. The fourth-order valence-electron chi connectivity index (χ4n) is 2.02. The van der Waals surface area contributed by atoms with Crippen LogP contribution in [0.25, 0.3) is 0 Å². The number of unbranched alkanes of at least 4 members (excludes halogenated alkanes) is 1. The second-order valence-electron chi connectivity index (χ2n) is 5.23. The molecule has 0 unspecified atom stereocenters. The molecule has 0 heterocycles. The Hall–Kier alpha value is -2.82. The minimum absolute atomic E-state index is 0.209. The van der Waals surface area contributed by atoms with Crippen LogP contribution in [0.5, 0.6) is 11.5 Å². The molecule has 0 spiro atoms. The summed E-state index contributed by atoms with van der Waals surface area (Å²) >= 11 is 0. The molecule has 0 aromatic heterocycles. The number of hydrogen-bond donors (Lipinski definition) is 1. The van der Waals surface area contributed by atoms with E-state index >= 15 is 0 Å². The number of nitrogens with one attached hydrogen (secondary N) is 1. The van der Waals surface area contributed by atoms with E-state index in [4.69, 9.17) is 9.47 Å². The number of rotatable bonds is 7. The van der Waals surface area contributed by atoms with Gasteiger partial charge in [-0.25, -0.2) is 0 Å². The quantitative estimate of drug-likeness (QED) is 0.791. The molecule has 0 radical (unpaired) electrons. The molecule has 0 aliphatic rings. The van der Waals surface area contributed by atoms with E-state index in [1.165, 1.54) is 6.07 Å². The average molecular weight is 327 g/mol. The lowest BCUT2D eigenvalue weighted by Crippen LogP contribution is -2.16. The number of anilines is 1. The van der Waals surface area contributed by atoms with Gasteiger partial charge in [-0.05, 0) is 55.0 Å². The highest BCUT2D eigenvalue weighted by Gasteiger charge is 2.08. The van der Waals surface area contributed by atoms with Crippen molar-refractivity contribution < 1.29 is 14.3 Å². The lowest BCUT2D eigenvalue weighted by atomic mass is 10.2. The van der Waals surface area contributed by atoms with Gasteiger partial charge in [-0.15, -0.1) is 0 Å². The van der Waals surface area contributed by atoms with Crippen molar-refractivity contribution in [2.75, 3.05) is 19.0 Å². The van der Waals surface area contributed by atoms with Crippen LogP contribution in [0.2, 0.25) is 0 Å². The highest BCUT2D eigenvalue weighted by atomic mass is 16.5. The van der Waals surface area contributed by atoms with E-state index < -0.39 is 0 Å². The molecule has 126 valence electrons. The molecule has 0 saturated carbocycles. The molecule has 1 N–H and O–H groups in total. The summed E-state index contributed by atoms with van der Waals surface area (Å²) in [6, 6.07) is 12.9. The van der Waals surface area contributed by atoms with Gasteiger partial charge < -0.3 is 14.8 Å². The fourth-order valence-corrected chi connectivity index (χ4v) is 2.02. The minimum atomic E-state index is -0.352. The van der Waals surface area contributed by atoms with Crippen LogP contribution in [0, 0.1) is 0 Å². The molecule has 0 atom stereocenters. The van der Waals surface area contributed by atoms with Crippen LogP contribution >= 0.6 is 0 Å². The average Bonchev–Trinajstić information content (AvgIpc) is 2.78. The molecule has 5 nitrogen and oxygen atoms in total. The maximum atomic E-state index is 12.2. The van der Waals surface area contributed by atoms with E-state index in [1.54, 1.807) is 49.6 Å². The van der Waals surface area contributed by atoms with Crippen LogP contribution in [0.1, 0.15) is 30.1 Å². The molecule has 0 aliphatic heterocycles. The van der Waals surface area contributed by atoms with Gasteiger partial charge in [0.25, 0.3) is 5.91 Å². The lowest BCUT2D eigenvalue weighted by molar-refractivity contribution is 0.102. The van der Waals surface area contributed by atoms with Crippen LogP contribution in [0.4, 0.5) is 5.69 Å². The van der Waals surface area contributed by atoms with Gasteiger partial charge in [0.1, 0.15) is 11.5 Å². The molecule has 2 rings (SSSR count). The second-order valence-corrected chi connectivity index (χ2v) is 5.23. The zero-order valence-electron chi connectivity index (χ0n) is 13.9. The van der Waals surface area contributed by atoms with Crippen LogP contribution < -0.4 is 20.2 Å². The molecular formula is C19H21NO4. The van der Waals surface area contributed by atoms with Crippen LogP contribution in [0.3, 0.4) is 0 Å². The SMILES string of the molecule is CCCCOc1ccc(NC(=O)c2ccc(OC)cc2)c(=O)cc1. The Kier molecular flexibility index (Phi) is 6.37. The lowest BCUT2D eigenvalue weighted by Gasteiger charge is -2.04. The predicted octanol–water partition coefficient (Wildman–Crippen LogP) is 3.49. The summed E-state index contributed by atoms with van der Waals surface area (Å²) in [5.74, 6) is 0.913. The topological polar surface area (TPSA) is 64.6 Å². The Labute approximate surface area is 141 Å². The van der Waals surface area contributed by atoms with Crippen LogP contribution in [-0.2, 0) is 0 Å². The van der Waals surface area contributed by atoms with Gasteiger partial charge in [-0.2, -0.15) is 0 Å². The van der Waals surface area contributed by atoms with Crippen LogP contribution in [0.15, 0.2) is 53.3 Å². The fraction of sp³-hybridized carbons (Fsp3) is 0.263. The van der Waals surface area contributed by atoms with Crippen LogP contribution in [-0.4, -0.2) is 19.6 Å². The van der Waals surface area contributed by atoms with Crippen molar-refractivity contribution >= 4 is 11.6 Å². The number of ether oxygens (including phenoxy) is 2. The molecular weight excluding hydrogens is 306 g/mol. The zero-order valence-corrected chi connectivity index (χ0v) is 13.9. The molecule has 1 amide bonds. The zero-order chi connectivity index (χ0) is 17.4. The molecule has 0 bridgehead atoms. The molecule has 2 aromatic rings. The third kappa shape index (κ3) is 4.84. The van der Waals surface area contributed by atoms with E-state index in [0.717, 1.165) is 12.8 Å². The van der Waals surface area contributed by atoms with E-state index in [2.05, 4.69) is 12.2 Å². The van der Waals surface area contributed by atoms with Crippen molar-refractivity contribution in [2.45, 2.75) is 19.8 Å². The Bertz CT molecular complexity index is 741. The number of hydrogen-bond acceptors (Lipinski definition) is 4. The summed E-state index contributed by atoms with van der Waals surface area (Å²) in [6.07, 6.45) is 1.98. The summed E-state index contributed by atoms with van der Waals surface area (Å²) in [5, 5.41) is 2.63. The number of methoxy groups -OCH3 is 1. The van der Waals surface area contributed by atoms with Gasteiger partial charge in [0.15, 0.2) is 0 Å². The van der Waals surface area contributed by atoms with E-state index in [-0.39, 0.29) is 17.0 Å². The first-order chi connectivity index (χ1) is 11.6. The van der Waals surface area contributed by atoms with Gasteiger partial charge in [0, 0.05) is 5.56 Å². The minimum Gasteiger partial charge on any atom is -0.497 e. The Morgan fingerprint density at radius 1 is 1.00 bits per heavy atom. The molecule has 24 heavy (non-hydrogen) atoms. The first-order valence-electron chi connectivity index (χ1n) is 7.86. The van der Waals surface area contributed by atoms with Gasteiger partial charge >= 0.3 is 0 Å². The summed E-state index contributed by atoms with van der Waals surface area (Å²) in [4.78, 5) is 24.3. The summed E-state index contributed by atoms with van der Waals surface area (Å²) in [6.45, 7) is 2.68. The second kappa shape index (κ2) is 8.72. The van der Waals surface area contributed by atoms with Crippen molar-refractivity contribution in [1.82, 2.24) is 0 Å². The summed E-state index contributed by atoms with van der Waals surface area (Å²) < 4.78 is 10.6. The summed E-state index contributed by atoms with van der Waals surface area (Å²) in [7, 11) is 1.56. The van der Waals surface area contributed by atoms with Gasteiger partial charge in [0.2, 0.25) is 5.43 Å². The number of carbonyl (C=O) groups is 1. The number of carbonyl (C=O) groups excluding carboxylic acids is 1. The third-order valence-electron chi connectivity index (χ3n) is 3.45. The van der Waals surface area contributed by atoms with Gasteiger partial charge in [0.05, 0.1) is 19.4 Å². The number of benzene rings is 1. The van der Waals surface area contributed by atoms with Gasteiger partial charge in [-0.3, -0.25) is 9.59 Å². The molecule has 0 fully saturated rings. The maximum absolute atomic E-state index is 12.2. The summed E-state index contributed by atoms with van der Waals surface area (Å²) in [5.41, 5.74) is 0.379. The highest BCUT2D eigenvalue weighted by molar-refractivity contribution is 6.04. The smallest absolute Gasteiger partial charge is 0.255 e. The molecule has 0 aliphatic carbocycles.